The average Bonchev–Trinajstić information content (AvgIpc) is 2.80. The summed E-state index contributed by atoms with van der Waals surface area (Å²) < 4.78 is 46.2. The van der Waals surface area contributed by atoms with Crippen LogP contribution in [0.5, 0.6) is 0 Å². The van der Waals surface area contributed by atoms with Crippen LogP contribution in [-0.4, -0.2) is 45.6 Å². The number of aromatic nitrogens is 1. The number of halogens is 1. The molecule has 2 N–H and O–H groups in total. The minimum absolute atomic E-state index is 0.0770. The van der Waals surface area contributed by atoms with Crippen LogP contribution in [0, 0.1) is 5.82 Å². The largest absolute Gasteiger partial charge is 0.382 e. The molecule has 10 heteroatoms. The molecule has 8 nitrogen and oxygen atoms in total. The Morgan fingerprint density at radius 2 is 1.88 bits per heavy atom. The van der Waals surface area contributed by atoms with Gasteiger partial charge in [-0.05, 0) is 62.7 Å². The number of carbonyl (C=O) groups excluding carboxylic acids is 1. The molecule has 0 aliphatic rings. The number of aromatic amines is 1. The maximum Gasteiger partial charge on any atom is 0.264 e. The number of sulfonamides is 1. The van der Waals surface area contributed by atoms with Crippen LogP contribution in [-0.2, 0) is 14.8 Å². The molecule has 0 atom stereocenters. The Kier molecular flexibility index (Phi) is 7.83. The van der Waals surface area contributed by atoms with Gasteiger partial charge in [0.25, 0.3) is 15.9 Å². The third-order valence-electron chi connectivity index (χ3n) is 5.04. The third kappa shape index (κ3) is 5.40. The topological polar surface area (TPSA) is 109 Å². The number of benzene rings is 2. The second-order valence-corrected chi connectivity index (χ2v) is 9.05. The van der Waals surface area contributed by atoms with Crippen molar-refractivity contribution in [3.05, 3.63) is 70.3 Å². The summed E-state index contributed by atoms with van der Waals surface area (Å²) in [5.74, 6) is -1.03. The summed E-state index contributed by atoms with van der Waals surface area (Å²) in [4.78, 5) is 28.2. The first-order chi connectivity index (χ1) is 15.8. The Bertz CT molecular complexity index is 1290. The molecule has 176 valence electrons. The fourth-order valence-corrected chi connectivity index (χ4v) is 4.87. The lowest BCUT2D eigenvalue weighted by atomic mass is 10.1. The van der Waals surface area contributed by atoms with Crippen molar-refractivity contribution in [3.63, 3.8) is 0 Å². The number of anilines is 1. The van der Waals surface area contributed by atoms with Gasteiger partial charge in [-0.25, -0.2) is 12.8 Å². The van der Waals surface area contributed by atoms with Crippen LogP contribution in [0.1, 0.15) is 30.6 Å². The Morgan fingerprint density at radius 3 is 2.55 bits per heavy atom. The first-order valence-electron chi connectivity index (χ1n) is 10.6. The van der Waals surface area contributed by atoms with E-state index in [2.05, 4.69) is 10.3 Å². The molecular formula is C23H26FN3O5S. The lowest BCUT2D eigenvalue weighted by Crippen LogP contribution is -2.31. The highest BCUT2D eigenvalue weighted by molar-refractivity contribution is 7.92. The number of ether oxygens (including phenoxy) is 1. The van der Waals surface area contributed by atoms with E-state index in [9.17, 15) is 22.4 Å². The van der Waals surface area contributed by atoms with Gasteiger partial charge in [0.15, 0.2) is 0 Å². The van der Waals surface area contributed by atoms with Crippen LogP contribution in [0.4, 0.5) is 10.1 Å². The molecule has 1 aromatic heterocycles. The summed E-state index contributed by atoms with van der Waals surface area (Å²) in [5, 5.41) is 2.74. The number of pyridine rings is 1. The van der Waals surface area contributed by atoms with Crippen molar-refractivity contribution in [2.45, 2.75) is 25.2 Å². The molecule has 0 aliphatic heterocycles. The summed E-state index contributed by atoms with van der Waals surface area (Å²) in [5.41, 5.74) is 0.0112. The molecule has 0 saturated carbocycles. The summed E-state index contributed by atoms with van der Waals surface area (Å²) in [6.07, 6.45) is 1.91. The smallest absolute Gasteiger partial charge is 0.264 e. The first kappa shape index (κ1) is 24.4. The normalized spacial score (nSPS) is 11.5. The molecule has 1 heterocycles. The van der Waals surface area contributed by atoms with Gasteiger partial charge in [-0.3, -0.25) is 13.9 Å². The number of carbonyl (C=O) groups is 1. The number of amides is 1. The molecular weight excluding hydrogens is 449 g/mol. The zero-order valence-electron chi connectivity index (χ0n) is 18.4. The molecule has 33 heavy (non-hydrogen) atoms. The van der Waals surface area contributed by atoms with Gasteiger partial charge in [-0.1, -0.05) is 0 Å². The van der Waals surface area contributed by atoms with Gasteiger partial charge in [0.05, 0.1) is 10.6 Å². The van der Waals surface area contributed by atoms with Crippen molar-refractivity contribution < 1.29 is 22.3 Å². The minimum Gasteiger partial charge on any atom is -0.382 e. The minimum atomic E-state index is -4.04. The fraction of sp³-hybridized carbons (Fsp3) is 0.304. The number of nitrogens with zero attached hydrogens (tertiary/aromatic N) is 1. The van der Waals surface area contributed by atoms with Gasteiger partial charge in [-0.2, -0.15) is 0 Å². The Morgan fingerprint density at radius 1 is 1.15 bits per heavy atom. The predicted octanol–water partition coefficient (Wildman–Crippen LogP) is 3.04. The van der Waals surface area contributed by atoms with E-state index in [1.54, 1.807) is 6.92 Å². The Labute approximate surface area is 191 Å². The van der Waals surface area contributed by atoms with E-state index in [-0.39, 0.29) is 22.4 Å². The van der Waals surface area contributed by atoms with E-state index in [4.69, 9.17) is 4.74 Å². The van der Waals surface area contributed by atoms with Crippen LogP contribution in [0.15, 0.2) is 58.4 Å². The van der Waals surface area contributed by atoms with Crippen LogP contribution in [0.25, 0.3) is 10.9 Å². The van der Waals surface area contributed by atoms with Crippen molar-refractivity contribution in [3.8, 4) is 0 Å². The molecule has 1 amide bonds. The SMILES string of the molecule is CCOCCCNC(=O)c1c[nH]c2ccc(S(=O)(=O)N(CC)c3ccc(F)cc3)cc2c1=O. The van der Waals surface area contributed by atoms with Crippen LogP contribution < -0.4 is 15.1 Å². The number of hydrogen-bond acceptors (Lipinski definition) is 5. The van der Waals surface area contributed by atoms with Gasteiger partial charge >= 0.3 is 0 Å². The monoisotopic (exact) mass is 475 g/mol. The van der Waals surface area contributed by atoms with Crippen LogP contribution >= 0.6 is 0 Å². The van der Waals surface area contributed by atoms with Gasteiger partial charge in [0, 0.05) is 43.4 Å². The van der Waals surface area contributed by atoms with Gasteiger partial charge in [-0.15, -0.1) is 0 Å². The van der Waals surface area contributed by atoms with E-state index in [0.717, 1.165) is 4.31 Å². The van der Waals surface area contributed by atoms with Crippen LogP contribution in [0.2, 0.25) is 0 Å². The predicted molar refractivity (Wildman–Crippen MR) is 125 cm³/mol. The summed E-state index contributed by atoms with van der Waals surface area (Å²) in [6, 6.07) is 9.22. The van der Waals surface area contributed by atoms with Gasteiger partial charge in [0.2, 0.25) is 5.43 Å². The highest BCUT2D eigenvalue weighted by atomic mass is 32.2. The van der Waals surface area contributed by atoms with E-state index in [1.165, 1.54) is 48.7 Å². The number of hydrogen-bond donors (Lipinski definition) is 2. The molecule has 0 radical (unpaired) electrons. The van der Waals surface area contributed by atoms with Gasteiger partial charge < -0.3 is 15.0 Å². The van der Waals surface area contributed by atoms with E-state index >= 15 is 0 Å². The van der Waals surface area contributed by atoms with Gasteiger partial charge in [0.1, 0.15) is 11.4 Å². The Hall–Kier alpha value is -3.24. The fourth-order valence-electron chi connectivity index (χ4n) is 3.37. The molecule has 3 rings (SSSR count). The summed E-state index contributed by atoms with van der Waals surface area (Å²) in [6.45, 7) is 5.05. The third-order valence-corrected chi connectivity index (χ3v) is 6.94. The lowest BCUT2D eigenvalue weighted by Gasteiger charge is -2.23. The maximum absolute atomic E-state index is 13.3. The quantitative estimate of drug-likeness (QED) is 0.438. The molecule has 0 aliphatic carbocycles. The number of nitrogens with one attached hydrogen (secondary N) is 2. The Balaban J connectivity index is 1.93. The lowest BCUT2D eigenvalue weighted by molar-refractivity contribution is 0.0943. The molecule has 3 aromatic rings. The summed E-state index contributed by atoms with van der Waals surface area (Å²) in [7, 11) is -4.04. The zero-order chi connectivity index (χ0) is 24.0. The average molecular weight is 476 g/mol. The molecule has 0 spiro atoms. The van der Waals surface area contributed by atoms with Crippen molar-refractivity contribution >= 4 is 32.5 Å². The molecule has 2 aromatic carbocycles. The van der Waals surface area contributed by atoms with E-state index in [1.807, 2.05) is 6.92 Å². The van der Waals surface area contributed by atoms with Crippen molar-refractivity contribution in [2.24, 2.45) is 0 Å². The van der Waals surface area contributed by atoms with E-state index in [0.29, 0.717) is 37.4 Å². The standard InChI is InChI=1S/C23H26FN3O5S/c1-3-27(17-8-6-16(24)7-9-17)33(30,31)18-10-11-21-19(14-18)22(28)20(15-26-21)23(29)25-12-5-13-32-4-2/h6-11,14-15H,3-5,12-13H2,1-2H3,(H,25,29)(H,26,28). The van der Waals surface area contributed by atoms with Crippen molar-refractivity contribution in [2.75, 3.05) is 30.6 Å². The van der Waals surface area contributed by atoms with Crippen LogP contribution in [0.3, 0.4) is 0 Å². The number of fused-ring (bicyclic) bond motifs is 1. The maximum atomic E-state index is 13.3. The first-order valence-corrected chi connectivity index (χ1v) is 12.0. The zero-order valence-corrected chi connectivity index (χ0v) is 19.2. The second kappa shape index (κ2) is 10.6. The van der Waals surface area contributed by atoms with Crippen molar-refractivity contribution in [1.82, 2.24) is 10.3 Å². The number of H-pyrrole nitrogens is 1. The van der Waals surface area contributed by atoms with Crippen molar-refractivity contribution in [1.29, 1.82) is 0 Å². The van der Waals surface area contributed by atoms with E-state index < -0.39 is 27.2 Å². The molecule has 0 bridgehead atoms. The summed E-state index contributed by atoms with van der Waals surface area (Å²) >= 11 is 0. The molecule has 0 unspecified atom stereocenters. The molecule has 0 saturated heterocycles. The molecule has 0 fully saturated rings. The highest BCUT2D eigenvalue weighted by Crippen LogP contribution is 2.25. The highest BCUT2D eigenvalue weighted by Gasteiger charge is 2.25. The number of rotatable bonds is 10. The second-order valence-electron chi connectivity index (χ2n) is 7.19.